The molecule has 2 rings (SSSR count). The van der Waals surface area contributed by atoms with E-state index in [0.29, 0.717) is 11.2 Å². The Balaban J connectivity index is 2.32. The van der Waals surface area contributed by atoms with E-state index in [1.165, 1.54) is 0 Å². The molecule has 8 heteroatoms. The molecule has 4 N–H and O–H groups in total. The molecule has 16 heavy (non-hydrogen) atoms. The normalized spacial score (nSPS) is 11.4. The van der Waals surface area contributed by atoms with Crippen LogP contribution in [0.25, 0.3) is 11.2 Å². The molecule has 0 atom stereocenters. The Morgan fingerprint density at radius 2 is 2.31 bits per heavy atom. The topological polar surface area (TPSA) is 93.7 Å². The molecule has 0 aliphatic rings. The van der Waals surface area contributed by atoms with Crippen molar-refractivity contribution >= 4 is 22.9 Å². The maximum Gasteiger partial charge on any atom is 0.382 e. The van der Waals surface area contributed by atoms with Gasteiger partial charge in [0.1, 0.15) is 0 Å². The van der Waals surface area contributed by atoms with Crippen LogP contribution in [0.4, 0.5) is 20.5 Å². The van der Waals surface area contributed by atoms with E-state index in [9.17, 15) is 8.78 Å². The molecule has 2 aromatic heterocycles. The van der Waals surface area contributed by atoms with Gasteiger partial charge in [0.2, 0.25) is 11.8 Å². The molecule has 0 spiro atoms. The molecular weight excluding hydrogens is 218 g/mol. The average Bonchev–Trinajstić information content (AvgIpc) is 2.60. The number of rotatable bonds is 3. The Bertz CT molecular complexity index is 503. The lowest BCUT2D eigenvalue weighted by molar-refractivity contribution is -0.257. The molecule has 0 saturated heterocycles. The number of fused-ring (bicyclic) bond motifs is 1. The monoisotopic (exact) mass is 227 g/mol. The average molecular weight is 227 g/mol. The molecule has 2 aromatic rings. The van der Waals surface area contributed by atoms with Gasteiger partial charge in [0, 0.05) is 6.92 Å². The second-order valence-corrected chi connectivity index (χ2v) is 3.40. The Kier molecular flexibility index (Phi) is 2.23. The highest BCUT2D eigenvalue weighted by molar-refractivity contribution is 5.79. The highest BCUT2D eigenvalue weighted by Crippen LogP contribution is 2.17. The summed E-state index contributed by atoms with van der Waals surface area (Å²) >= 11 is 0. The summed E-state index contributed by atoms with van der Waals surface area (Å²) in [7, 11) is 0. The van der Waals surface area contributed by atoms with Crippen LogP contribution in [0.3, 0.4) is 0 Å². The first kappa shape index (κ1) is 10.4. The third kappa shape index (κ3) is 2.08. The molecule has 0 fully saturated rings. The molecule has 0 amide bonds. The molecule has 84 valence electrons. The summed E-state index contributed by atoms with van der Waals surface area (Å²) in [4.78, 5) is 14.0. The first-order chi connectivity index (χ1) is 7.46. The highest BCUT2D eigenvalue weighted by atomic mass is 19.3. The predicted molar refractivity (Wildman–Crippen MR) is 51.8 cm³/mol. The summed E-state index contributed by atoms with van der Waals surface area (Å²) in [5, 5.41) is 2.47. The van der Waals surface area contributed by atoms with Crippen molar-refractivity contribution in [3.8, 4) is 0 Å². The van der Waals surface area contributed by atoms with Crippen LogP contribution in [0.2, 0.25) is 0 Å². The van der Waals surface area contributed by atoms with Gasteiger partial charge in [0.05, 0.1) is 6.54 Å². The van der Waals surface area contributed by atoms with Gasteiger partial charge >= 0.3 is 17.5 Å². The van der Waals surface area contributed by atoms with Gasteiger partial charge in [0.25, 0.3) is 5.92 Å². The van der Waals surface area contributed by atoms with Crippen molar-refractivity contribution in [3.63, 3.8) is 0 Å². The molecule has 0 aromatic carbocycles. The number of hydrogen-bond donors (Lipinski definition) is 3. The quantitative estimate of drug-likeness (QED) is 0.686. The zero-order chi connectivity index (χ0) is 11.8. The summed E-state index contributed by atoms with van der Waals surface area (Å²) in [6, 6.07) is 0. The first-order valence-corrected chi connectivity index (χ1v) is 4.47. The molecular formula is C8H9F2N6+. The number of nitrogen functional groups attached to an aromatic ring is 1. The number of anilines is 2. The van der Waals surface area contributed by atoms with Crippen LogP contribution in [0, 0.1) is 6.33 Å². The van der Waals surface area contributed by atoms with Crippen LogP contribution in [0.1, 0.15) is 6.92 Å². The third-order valence-electron chi connectivity index (χ3n) is 1.81. The van der Waals surface area contributed by atoms with Crippen LogP contribution in [-0.4, -0.2) is 27.4 Å². The summed E-state index contributed by atoms with van der Waals surface area (Å²) in [6.45, 7) is 0.254. The van der Waals surface area contributed by atoms with Crippen LogP contribution in [-0.2, 0) is 0 Å². The maximum atomic E-state index is 12.7. The second kappa shape index (κ2) is 3.44. The number of nitrogens with two attached hydrogens (primary N) is 1. The summed E-state index contributed by atoms with van der Waals surface area (Å²) in [5.41, 5.74) is 6.10. The second-order valence-electron chi connectivity index (χ2n) is 3.40. The first-order valence-electron chi connectivity index (χ1n) is 4.47. The molecule has 0 saturated carbocycles. The van der Waals surface area contributed by atoms with Crippen molar-refractivity contribution in [2.45, 2.75) is 12.8 Å². The number of nitrogens with one attached hydrogen (secondary N) is 2. The number of hydrogen-bond acceptors (Lipinski definition) is 4. The van der Waals surface area contributed by atoms with E-state index in [2.05, 4.69) is 31.6 Å². The van der Waals surface area contributed by atoms with Gasteiger partial charge in [-0.1, -0.05) is 0 Å². The largest absolute Gasteiger partial charge is 0.382 e. The molecule has 6 nitrogen and oxygen atoms in total. The summed E-state index contributed by atoms with van der Waals surface area (Å²) < 4.78 is 25.3. The van der Waals surface area contributed by atoms with Crippen LogP contribution in [0.5, 0.6) is 0 Å². The molecule has 0 aliphatic carbocycles. The van der Waals surface area contributed by atoms with Gasteiger partial charge in [-0.25, -0.2) is 8.78 Å². The van der Waals surface area contributed by atoms with Crippen molar-refractivity contribution in [2.75, 3.05) is 17.6 Å². The number of aromatic nitrogens is 4. The van der Waals surface area contributed by atoms with E-state index in [4.69, 9.17) is 5.73 Å². The molecule has 0 aliphatic heterocycles. The Morgan fingerprint density at radius 1 is 1.56 bits per heavy atom. The number of nitrogens with zero attached hydrogens (tertiary/aromatic N) is 3. The minimum Gasteiger partial charge on any atom is -0.368 e. The zero-order valence-corrected chi connectivity index (χ0v) is 8.38. The van der Waals surface area contributed by atoms with Crippen molar-refractivity contribution in [3.05, 3.63) is 6.33 Å². The van der Waals surface area contributed by atoms with E-state index in [1.54, 1.807) is 0 Å². The lowest BCUT2D eigenvalue weighted by Crippen LogP contribution is -2.24. The standard InChI is InChI=1S/C8H8F2N6/c1-8(9,10)2-12-5-4-6(14-3-13-4)16-7(11)15-5/h2H2,1H3,(H3,11,12,15,16)/p+1. The molecule has 0 unspecified atom stereocenters. The van der Waals surface area contributed by atoms with Crippen LogP contribution < -0.4 is 16.0 Å². The van der Waals surface area contributed by atoms with Crippen molar-refractivity contribution in [1.82, 2.24) is 15.0 Å². The minimum atomic E-state index is -2.84. The summed E-state index contributed by atoms with van der Waals surface area (Å²) in [5.74, 6) is -2.69. The molecule has 0 radical (unpaired) electrons. The zero-order valence-electron chi connectivity index (χ0n) is 8.38. The minimum absolute atomic E-state index is 0.0212. The Morgan fingerprint density at radius 3 is 3.00 bits per heavy atom. The lowest BCUT2D eigenvalue weighted by Gasteiger charge is -2.10. The van der Waals surface area contributed by atoms with E-state index in [1.807, 2.05) is 0 Å². The van der Waals surface area contributed by atoms with Crippen LogP contribution >= 0.6 is 0 Å². The lowest BCUT2D eigenvalue weighted by atomic mass is 10.4. The summed E-state index contributed by atoms with van der Waals surface area (Å²) in [6.07, 6.45) is 2.44. The van der Waals surface area contributed by atoms with Gasteiger partial charge in [-0.05, 0) is 0 Å². The highest BCUT2D eigenvalue weighted by Gasteiger charge is 2.23. The Hall–Kier alpha value is -2.17. The number of halogens is 2. The SMILES string of the molecule is CC(F)(F)CNc1nc(N)nc2[nH]c#[n+]c12. The van der Waals surface area contributed by atoms with E-state index >= 15 is 0 Å². The third-order valence-corrected chi connectivity index (χ3v) is 1.81. The fourth-order valence-electron chi connectivity index (χ4n) is 1.16. The Labute approximate surface area is 89.3 Å². The maximum absolute atomic E-state index is 12.7. The van der Waals surface area contributed by atoms with Crippen molar-refractivity contribution < 1.29 is 13.8 Å². The van der Waals surface area contributed by atoms with E-state index in [0.717, 1.165) is 6.92 Å². The predicted octanol–water partition coefficient (Wildman–Crippen LogP) is 0.00729. The van der Waals surface area contributed by atoms with Crippen molar-refractivity contribution in [2.24, 2.45) is 0 Å². The smallest absolute Gasteiger partial charge is 0.368 e. The molecule has 0 bridgehead atoms. The van der Waals surface area contributed by atoms with E-state index < -0.39 is 12.5 Å². The van der Waals surface area contributed by atoms with Crippen LogP contribution in [0.15, 0.2) is 0 Å². The number of alkyl halides is 2. The fourth-order valence-corrected chi connectivity index (χ4v) is 1.16. The van der Waals surface area contributed by atoms with Crippen molar-refractivity contribution in [1.29, 1.82) is 0 Å². The van der Waals surface area contributed by atoms with Gasteiger partial charge in [-0.2, -0.15) is 15.0 Å². The number of H-pyrrole nitrogens is 1. The van der Waals surface area contributed by atoms with Gasteiger partial charge in [0.15, 0.2) is 0 Å². The van der Waals surface area contributed by atoms with Gasteiger partial charge in [-0.3, -0.25) is 0 Å². The number of aromatic amines is 1. The van der Waals surface area contributed by atoms with Gasteiger partial charge < -0.3 is 11.1 Å². The van der Waals surface area contributed by atoms with E-state index in [-0.39, 0.29) is 11.8 Å². The fraction of sp³-hybridized carbons (Fsp3) is 0.375. The molecule has 2 heterocycles. The van der Waals surface area contributed by atoms with Gasteiger partial charge in [-0.15, -0.1) is 4.98 Å².